The van der Waals surface area contributed by atoms with Gasteiger partial charge in [-0.3, -0.25) is 4.79 Å². The SMILES string of the molecule is CCOC(=O)CC1(O)CCC2C3CC=C4CC(OC5CCCCO5)CCC4(C)C3CCC21C. The Kier molecular flexibility index (Phi) is 6.46. The van der Waals surface area contributed by atoms with E-state index in [4.69, 9.17) is 14.2 Å². The fourth-order valence-electron chi connectivity index (χ4n) is 8.63. The van der Waals surface area contributed by atoms with Gasteiger partial charge < -0.3 is 19.3 Å². The molecule has 186 valence electrons. The Morgan fingerprint density at radius 1 is 1.12 bits per heavy atom. The van der Waals surface area contributed by atoms with E-state index in [2.05, 4.69) is 19.9 Å². The van der Waals surface area contributed by atoms with Crippen molar-refractivity contribution in [1.82, 2.24) is 0 Å². The summed E-state index contributed by atoms with van der Waals surface area (Å²) in [6.07, 6.45) is 14.7. The van der Waals surface area contributed by atoms with Crippen LogP contribution in [0.3, 0.4) is 0 Å². The molecule has 1 N–H and O–H groups in total. The van der Waals surface area contributed by atoms with Crippen LogP contribution >= 0.6 is 0 Å². The maximum absolute atomic E-state index is 12.3. The third-order valence-corrected chi connectivity index (χ3v) is 10.6. The third kappa shape index (κ3) is 4.00. The summed E-state index contributed by atoms with van der Waals surface area (Å²) in [5.74, 6) is 1.51. The zero-order chi connectivity index (χ0) is 23.3. The Morgan fingerprint density at radius 3 is 2.70 bits per heavy atom. The van der Waals surface area contributed by atoms with Gasteiger partial charge in [0.05, 0.1) is 24.7 Å². The summed E-state index contributed by atoms with van der Waals surface area (Å²) in [6.45, 7) is 7.82. The number of allylic oxidation sites excluding steroid dienone is 1. The molecule has 8 unspecified atom stereocenters. The third-order valence-electron chi connectivity index (χ3n) is 10.6. The number of hydrogen-bond acceptors (Lipinski definition) is 5. The van der Waals surface area contributed by atoms with Gasteiger partial charge in [-0.05, 0) is 106 Å². The molecule has 0 spiro atoms. The fraction of sp³-hybridized carbons (Fsp3) is 0.893. The van der Waals surface area contributed by atoms with E-state index in [-0.39, 0.29) is 29.5 Å². The molecule has 5 heteroatoms. The largest absolute Gasteiger partial charge is 0.466 e. The molecule has 1 heterocycles. The summed E-state index contributed by atoms with van der Waals surface area (Å²) in [5.41, 5.74) is 0.741. The monoisotopic (exact) mass is 460 g/mol. The molecular formula is C28H44O5. The molecule has 5 nitrogen and oxygen atoms in total. The van der Waals surface area contributed by atoms with Crippen molar-refractivity contribution in [2.24, 2.45) is 28.6 Å². The summed E-state index contributed by atoms with van der Waals surface area (Å²) < 4.78 is 17.5. The Labute approximate surface area is 199 Å². The van der Waals surface area contributed by atoms with Gasteiger partial charge in [0.2, 0.25) is 0 Å². The van der Waals surface area contributed by atoms with E-state index in [0.717, 1.165) is 64.4 Å². The van der Waals surface area contributed by atoms with E-state index < -0.39 is 5.60 Å². The lowest BCUT2D eigenvalue weighted by Gasteiger charge is -2.59. The molecule has 0 aromatic heterocycles. The first kappa shape index (κ1) is 23.8. The van der Waals surface area contributed by atoms with Gasteiger partial charge in [0, 0.05) is 6.61 Å². The highest BCUT2D eigenvalue weighted by molar-refractivity contribution is 5.71. The quantitative estimate of drug-likeness (QED) is 0.431. The van der Waals surface area contributed by atoms with Crippen LogP contribution in [0.5, 0.6) is 0 Å². The maximum atomic E-state index is 12.3. The summed E-state index contributed by atoms with van der Waals surface area (Å²) >= 11 is 0. The molecule has 0 radical (unpaired) electrons. The molecule has 0 bridgehead atoms. The van der Waals surface area contributed by atoms with Crippen LogP contribution < -0.4 is 0 Å². The zero-order valence-electron chi connectivity index (χ0n) is 20.9. The number of rotatable bonds is 5. The van der Waals surface area contributed by atoms with E-state index in [1.807, 2.05) is 6.92 Å². The highest BCUT2D eigenvalue weighted by Gasteiger charge is 2.64. The van der Waals surface area contributed by atoms with Gasteiger partial charge in [0.25, 0.3) is 0 Å². The van der Waals surface area contributed by atoms with E-state index in [0.29, 0.717) is 30.5 Å². The second-order valence-electron chi connectivity index (χ2n) is 12.1. The molecule has 4 fully saturated rings. The molecule has 0 aromatic carbocycles. The molecule has 1 saturated heterocycles. The van der Waals surface area contributed by atoms with E-state index in [9.17, 15) is 9.90 Å². The van der Waals surface area contributed by atoms with Crippen molar-refractivity contribution in [2.75, 3.05) is 13.2 Å². The summed E-state index contributed by atoms with van der Waals surface area (Å²) in [7, 11) is 0. The van der Waals surface area contributed by atoms with Gasteiger partial charge in [-0.2, -0.15) is 0 Å². The molecule has 0 amide bonds. The van der Waals surface area contributed by atoms with Crippen molar-refractivity contribution in [1.29, 1.82) is 0 Å². The highest BCUT2D eigenvalue weighted by atomic mass is 16.7. The minimum Gasteiger partial charge on any atom is -0.466 e. The minimum atomic E-state index is -0.925. The van der Waals surface area contributed by atoms with Crippen molar-refractivity contribution in [3.63, 3.8) is 0 Å². The Balaban J connectivity index is 1.30. The molecular weight excluding hydrogens is 416 g/mol. The second-order valence-corrected chi connectivity index (χ2v) is 12.1. The first-order chi connectivity index (χ1) is 15.8. The first-order valence-electron chi connectivity index (χ1n) is 13.6. The average Bonchev–Trinajstić information content (AvgIpc) is 3.05. The van der Waals surface area contributed by atoms with Crippen molar-refractivity contribution < 1.29 is 24.1 Å². The van der Waals surface area contributed by atoms with Gasteiger partial charge >= 0.3 is 5.97 Å². The Morgan fingerprint density at radius 2 is 1.94 bits per heavy atom. The van der Waals surface area contributed by atoms with E-state index in [1.165, 1.54) is 12.8 Å². The lowest BCUT2D eigenvalue weighted by molar-refractivity contribution is -0.195. The molecule has 5 aliphatic rings. The van der Waals surface area contributed by atoms with Crippen LogP contribution in [0.1, 0.15) is 97.8 Å². The van der Waals surface area contributed by atoms with Crippen LogP contribution in [0.2, 0.25) is 0 Å². The molecule has 0 aromatic rings. The second kappa shape index (κ2) is 8.95. The maximum Gasteiger partial charge on any atom is 0.308 e. The number of carbonyl (C=O) groups excluding carboxylic acids is 1. The van der Waals surface area contributed by atoms with Crippen LogP contribution in [0.15, 0.2) is 11.6 Å². The number of fused-ring (bicyclic) bond motifs is 5. The van der Waals surface area contributed by atoms with Crippen LogP contribution in [-0.2, 0) is 19.0 Å². The molecule has 8 atom stereocenters. The average molecular weight is 461 g/mol. The van der Waals surface area contributed by atoms with Gasteiger partial charge in [-0.1, -0.05) is 25.5 Å². The predicted molar refractivity (Wildman–Crippen MR) is 126 cm³/mol. The van der Waals surface area contributed by atoms with Gasteiger partial charge in [0.15, 0.2) is 6.29 Å². The smallest absolute Gasteiger partial charge is 0.308 e. The lowest BCUT2D eigenvalue weighted by Crippen LogP contribution is -2.55. The van der Waals surface area contributed by atoms with Gasteiger partial charge in [0.1, 0.15) is 0 Å². The van der Waals surface area contributed by atoms with Crippen molar-refractivity contribution in [3.05, 3.63) is 11.6 Å². The standard InChI is InChI=1S/C28H44O5/c1-4-31-24(29)18-28(30)15-12-23-21-9-8-19-17-20(33-25-7-5-6-16-32-25)10-13-26(19,2)22(21)11-14-27(23,28)3/h8,20-23,25,30H,4-7,9-18H2,1-3H3. The van der Waals surface area contributed by atoms with Crippen LogP contribution in [-0.4, -0.2) is 42.3 Å². The minimum absolute atomic E-state index is 0.00371. The number of ether oxygens (including phenoxy) is 3. The normalized spacial score (nSPS) is 47.2. The Hall–Kier alpha value is -0.910. The van der Waals surface area contributed by atoms with Crippen LogP contribution in [0.25, 0.3) is 0 Å². The molecule has 3 saturated carbocycles. The van der Waals surface area contributed by atoms with E-state index in [1.54, 1.807) is 5.57 Å². The lowest BCUT2D eigenvalue weighted by atomic mass is 9.47. The van der Waals surface area contributed by atoms with Crippen molar-refractivity contribution in [3.8, 4) is 0 Å². The van der Waals surface area contributed by atoms with Gasteiger partial charge in [-0.15, -0.1) is 0 Å². The fourth-order valence-corrected chi connectivity index (χ4v) is 8.63. The Bertz CT molecular complexity index is 772. The number of hydrogen-bond donors (Lipinski definition) is 1. The zero-order valence-corrected chi connectivity index (χ0v) is 20.9. The molecule has 33 heavy (non-hydrogen) atoms. The van der Waals surface area contributed by atoms with Crippen molar-refractivity contribution >= 4 is 5.97 Å². The van der Waals surface area contributed by atoms with Crippen LogP contribution in [0, 0.1) is 28.6 Å². The highest BCUT2D eigenvalue weighted by Crippen LogP contribution is 2.67. The summed E-state index contributed by atoms with van der Waals surface area (Å²) in [4.78, 5) is 12.3. The summed E-state index contributed by atoms with van der Waals surface area (Å²) in [5, 5.41) is 11.7. The van der Waals surface area contributed by atoms with Crippen LogP contribution in [0.4, 0.5) is 0 Å². The number of carbonyl (C=O) groups is 1. The first-order valence-corrected chi connectivity index (χ1v) is 13.6. The molecule has 1 aliphatic heterocycles. The van der Waals surface area contributed by atoms with Gasteiger partial charge in [-0.25, -0.2) is 0 Å². The molecule has 4 aliphatic carbocycles. The molecule has 5 rings (SSSR count). The number of aliphatic hydroxyl groups is 1. The predicted octanol–water partition coefficient (Wildman–Crippen LogP) is 5.55. The van der Waals surface area contributed by atoms with E-state index >= 15 is 0 Å². The van der Waals surface area contributed by atoms with Crippen molar-refractivity contribution in [2.45, 2.75) is 116 Å². The number of esters is 1. The summed E-state index contributed by atoms with van der Waals surface area (Å²) in [6, 6.07) is 0. The topological polar surface area (TPSA) is 65.0 Å².